The standard InChI is InChI=1S/C15H16F3NO4/c1-3-22-12(20)9-8-14(9,13(21)23-4-2)10-6-5-7-11(19-10)15(16,17)18/h5-7,9H,3-4,8H2,1-2H3. The van der Waals surface area contributed by atoms with E-state index >= 15 is 0 Å². The van der Waals surface area contributed by atoms with Gasteiger partial charge in [0.25, 0.3) is 0 Å². The van der Waals surface area contributed by atoms with Gasteiger partial charge in [0.05, 0.1) is 24.8 Å². The fraction of sp³-hybridized carbons (Fsp3) is 0.533. The highest BCUT2D eigenvalue weighted by atomic mass is 19.4. The molecule has 1 aromatic heterocycles. The summed E-state index contributed by atoms with van der Waals surface area (Å²) >= 11 is 0. The lowest BCUT2D eigenvalue weighted by Crippen LogP contribution is -2.30. The molecule has 0 radical (unpaired) electrons. The van der Waals surface area contributed by atoms with Gasteiger partial charge in [-0.05, 0) is 32.4 Å². The van der Waals surface area contributed by atoms with Crippen LogP contribution >= 0.6 is 0 Å². The Balaban J connectivity index is 2.41. The van der Waals surface area contributed by atoms with E-state index in [-0.39, 0.29) is 25.3 Å². The number of nitrogens with zero attached hydrogens (tertiary/aromatic N) is 1. The van der Waals surface area contributed by atoms with Crippen LogP contribution < -0.4 is 0 Å². The SMILES string of the molecule is CCOC(=O)C1CC1(C(=O)OCC)c1cccc(C(F)(F)F)n1. The van der Waals surface area contributed by atoms with Crippen molar-refractivity contribution >= 4 is 11.9 Å². The van der Waals surface area contributed by atoms with Crippen LogP contribution in [-0.2, 0) is 30.7 Å². The summed E-state index contributed by atoms with van der Waals surface area (Å²) in [4.78, 5) is 27.7. The first-order chi connectivity index (χ1) is 10.8. The van der Waals surface area contributed by atoms with Crippen LogP contribution in [0.15, 0.2) is 18.2 Å². The van der Waals surface area contributed by atoms with Gasteiger partial charge < -0.3 is 9.47 Å². The van der Waals surface area contributed by atoms with E-state index in [0.717, 1.165) is 12.1 Å². The fourth-order valence-electron chi connectivity index (χ4n) is 2.50. The summed E-state index contributed by atoms with van der Waals surface area (Å²) in [5.74, 6) is -2.28. The molecule has 2 rings (SSSR count). The smallest absolute Gasteiger partial charge is 0.433 e. The van der Waals surface area contributed by atoms with Crippen molar-refractivity contribution in [3.63, 3.8) is 0 Å². The quantitative estimate of drug-likeness (QED) is 0.776. The molecule has 0 amide bonds. The first kappa shape index (κ1) is 17.2. The van der Waals surface area contributed by atoms with Crippen molar-refractivity contribution < 1.29 is 32.2 Å². The number of carbonyl (C=O) groups is 2. The van der Waals surface area contributed by atoms with Crippen LogP contribution in [0, 0.1) is 5.92 Å². The molecule has 1 aromatic rings. The number of ether oxygens (including phenoxy) is 2. The molecule has 5 nitrogen and oxygen atoms in total. The summed E-state index contributed by atoms with van der Waals surface area (Å²) in [5, 5.41) is 0. The molecule has 0 saturated heterocycles. The average Bonchev–Trinajstić information content (AvgIpc) is 3.24. The van der Waals surface area contributed by atoms with E-state index in [1.807, 2.05) is 0 Å². The van der Waals surface area contributed by atoms with Crippen molar-refractivity contribution in [1.29, 1.82) is 0 Å². The van der Waals surface area contributed by atoms with Crippen molar-refractivity contribution in [3.8, 4) is 0 Å². The normalized spacial score (nSPS) is 23.3. The molecule has 0 aromatic carbocycles. The molecule has 1 heterocycles. The van der Waals surface area contributed by atoms with Crippen LogP contribution in [0.3, 0.4) is 0 Å². The average molecular weight is 331 g/mol. The van der Waals surface area contributed by atoms with Crippen LogP contribution in [0.1, 0.15) is 31.7 Å². The van der Waals surface area contributed by atoms with E-state index in [4.69, 9.17) is 9.47 Å². The lowest BCUT2D eigenvalue weighted by molar-refractivity contribution is -0.152. The van der Waals surface area contributed by atoms with E-state index in [1.165, 1.54) is 6.07 Å². The number of aromatic nitrogens is 1. The molecule has 0 aliphatic heterocycles. The number of hydrogen-bond donors (Lipinski definition) is 0. The van der Waals surface area contributed by atoms with Crippen LogP contribution in [0.4, 0.5) is 13.2 Å². The van der Waals surface area contributed by atoms with E-state index in [0.29, 0.717) is 0 Å². The topological polar surface area (TPSA) is 65.5 Å². The summed E-state index contributed by atoms with van der Waals surface area (Å²) in [6.07, 6.45) is -4.61. The van der Waals surface area contributed by atoms with Gasteiger partial charge in [-0.25, -0.2) is 4.98 Å². The maximum atomic E-state index is 12.8. The van der Waals surface area contributed by atoms with Gasteiger partial charge >= 0.3 is 18.1 Å². The van der Waals surface area contributed by atoms with E-state index in [2.05, 4.69) is 4.98 Å². The lowest BCUT2D eigenvalue weighted by atomic mass is 9.98. The first-order valence-corrected chi connectivity index (χ1v) is 7.16. The Kier molecular flexibility index (Phi) is 4.63. The first-order valence-electron chi connectivity index (χ1n) is 7.16. The summed E-state index contributed by atoms with van der Waals surface area (Å²) in [6, 6.07) is 3.27. The Morgan fingerprint density at radius 3 is 2.48 bits per heavy atom. The molecule has 8 heteroatoms. The van der Waals surface area contributed by atoms with Gasteiger partial charge in [-0.15, -0.1) is 0 Å². The van der Waals surface area contributed by atoms with E-state index in [9.17, 15) is 22.8 Å². The monoisotopic (exact) mass is 331 g/mol. The van der Waals surface area contributed by atoms with Gasteiger partial charge in [0.2, 0.25) is 0 Å². The van der Waals surface area contributed by atoms with Gasteiger partial charge in [-0.3, -0.25) is 9.59 Å². The van der Waals surface area contributed by atoms with Crippen molar-refractivity contribution in [2.24, 2.45) is 5.92 Å². The molecule has 1 aliphatic carbocycles. The molecule has 1 saturated carbocycles. The Morgan fingerprint density at radius 1 is 1.26 bits per heavy atom. The van der Waals surface area contributed by atoms with E-state index in [1.54, 1.807) is 13.8 Å². The van der Waals surface area contributed by atoms with Crippen molar-refractivity contribution in [2.75, 3.05) is 13.2 Å². The molecule has 23 heavy (non-hydrogen) atoms. The largest absolute Gasteiger partial charge is 0.466 e. The molecule has 0 bridgehead atoms. The zero-order valence-corrected chi connectivity index (χ0v) is 12.6. The van der Waals surface area contributed by atoms with Gasteiger partial charge in [0.1, 0.15) is 11.1 Å². The number of halogens is 3. The molecule has 1 aliphatic rings. The second-order valence-corrected chi connectivity index (χ2v) is 5.11. The predicted octanol–water partition coefficient (Wildman–Crippen LogP) is 2.48. The second kappa shape index (κ2) is 6.17. The molecule has 126 valence electrons. The molecule has 2 atom stereocenters. The van der Waals surface area contributed by atoms with Crippen molar-refractivity contribution in [3.05, 3.63) is 29.6 Å². The number of carbonyl (C=O) groups excluding carboxylic acids is 2. The number of hydrogen-bond acceptors (Lipinski definition) is 5. The predicted molar refractivity (Wildman–Crippen MR) is 72.3 cm³/mol. The van der Waals surface area contributed by atoms with E-state index < -0.39 is 35.1 Å². The van der Waals surface area contributed by atoms with Crippen LogP contribution in [-0.4, -0.2) is 30.1 Å². The molecule has 0 spiro atoms. The third-order valence-electron chi connectivity index (χ3n) is 3.67. The minimum absolute atomic E-state index is 0.0268. The third kappa shape index (κ3) is 3.16. The zero-order valence-electron chi connectivity index (χ0n) is 12.6. The Morgan fingerprint density at radius 2 is 1.91 bits per heavy atom. The van der Waals surface area contributed by atoms with Gasteiger partial charge in [0.15, 0.2) is 0 Å². The van der Waals surface area contributed by atoms with Crippen LogP contribution in [0.2, 0.25) is 0 Å². The third-order valence-corrected chi connectivity index (χ3v) is 3.67. The highest BCUT2D eigenvalue weighted by molar-refractivity contribution is 5.96. The molecule has 1 fully saturated rings. The fourth-order valence-corrected chi connectivity index (χ4v) is 2.50. The maximum absolute atomic E-state index is 12.8. The van der Waals surface area contributed by atoms with Gasteiger partial charge in [-0.1, -0.05) is 6.07 Å². The zero-order chi connectivity index (χ0) is 17.3. The summed E-state index contributed by atoms with van der Waals surface area (Å²) < 4.78 is 48.3. The Bertz CT molecular complexity index is 617. The molecule has 2 unspecified atom stereocenters. The maximum Gasteiger partial charge on any atom is 0.433 e. The molecular formula is C15H16F3NO4. The molecular weight excluding hydrogens is 315 g/mol. The van der Waals surface area contributed by atoms with Crippen LogP contribution in [0.5, 0.6) is 0 Å². The second-order valence-electron chi connectivity index (χ2n) is 5.11. The Labute approximate surface area is 130 Å². The minimum Gasteiger partial charge on any atom is -0.466 e. The Hall–Kier alpha value is -2.12. The summed E-state index contributed by atoms with van der Waals surface area (Å²) in [7, 11) is 0. The lowest BCUT2D eigenvalue weighted by Gasteiger charge is -2.16. The molecule has 0 N–H and O–H groups in total. The van der Waals surface area contributed by atoms with Crippen LogP contribution in [0.25, 0.3) is 0 Å². The van der Waals surface area contributed by atoms with Gasteiger partial charge in [-0.2, -0.15) is 13.2 Å². The number of esters is 2. The number of pyridine rings is 1. The number of alkyl halides is 3. The number of rotatable bonds is 5. The highest BCUT2D eigenvalue weighted by Gasteiger charge is 2.68. The van der Waals surface area contributed by atoms with Crippen molar-refractivity contribution in [2.45, 2.75) is 31.9 Å². The minimum atomic E-state index is -4.64. The highest BCUT2D eigenvalue weighted by Crippen LogP contribution is 2.55. The summed E-state index contributed by atoms with van der Waals surface area (Å²) in [5.41, 5.74) is -2.74. The van der Waals surface area contributed by atoms with Crippen molar-refractivity contribution in [1.82, 2.24) is 4.98 Å². The summed E-state index contributed by atoms with van der Waals surface area (Å²) in [6.45, 7) is 3.35. The van der Waals surface area contributed by atoms with Gasteiger partial charge in [0, 0.05) is 0 Å².